The minimum Gasteiger partial charge on any atom is -0.479 e. The summed E-state index contributed by atoms with van der Waals surface area (Å²) in [6.45, 7) is 1.44. The minimum absolute atomic E-state index is 0.135. The maximum Gasteiger partial charge on any atom is 0.344 e. The summed E-state index contributed by atoms with van der Waals surface area (Å²) in [6, 6.07) is 3.78. The normalized spacial score (nSPS) is 13.0. The van der Waals surface area contributed by atoms with Crippen molar-refractivity contribution in [1.82, 2.24) is 0 Å². The highest BCUT2D eigenvalue weighted by atomic mass is 19.1. The van der Waals surface area contributed by atoms with Gasteiger partial charge >= 0.3 is 5.97 Å². The van der Waals surface area contributed by atoms with Gasteiger partial charge in [-0.3, -0.25) is 9.59 Å². The predicted octanol–water partition coefficient (Wildman–Crippen LogP) is 3.13. The van der Waals surface area contributed by atoms with Crippen molar-refractivity contribution in [1.29, 1.82) is 0 Å². The summed E-state index contributed by atoms with van der Waals surface area (Å²) in [6.07, 6.45) is 2.92. The van der Waals surface area contributed by atoms with Crippen LogP contribution in [0.25, 0.3) is 0 Å². The Morgan fingerprint density at radius 3 is 2.85 bits per heavy atom. The number of carbonyl (C=O) groups is 3. The van der Waals surface area contributed by atoms with E-state index in [1.165, 1.54) is 18.4 Å². The van der Waals surface area contributed by atoms with Crippen molar-refractivity contribution in [3.8, 4) is 5.75 Å². The molecule has 1 aliphatic carbocycles. The minimum atomic E-state index is -0.748. The first-order valence-electron chi connectivity index (χ1n) is 8.52. The Morgan fingerprint density at radius 1 is 1.30 bits per heavy atom. The molecule has 0 unspecified atom stereocenters. The number of fused-ring (bicyclic) bond motifs is 1. The second-order valence-corrected chi connectivity index (χ2v) is 5.92. The first-order valence-corrected chi connectivity index (χ1v) is 8.52. The average molecular weight is 375 g/mol. The lowest BCUT2D eigenvalue weighted by molar-refractivity contribution is -0.145. The van der Waals surface area contributed by atoms with Gasteiger partial charge in [-0.1, -0.05) is 0 Å². The average Bonchev–Trinajstić information content (AvgIpc) is 3.07. The summed E-state index contributed by atoms with van der Waals surface area (Å²) in [5.74, 6) is -1.69. The van der Waals surface area contributed by atoms with E-state index in [-0.39, 0.29) is 29.4 Å². The van der Waals surface area contributed by atoms with E-state index < -0.39 is 24.3 Å². The smallest absolute Gasteiger partial charge is 0.344 e. The van der Waals surface area contributed by atoms with E-state index in [0.29, 0.717) is 30.6 Å². The van der Waals surface area contributed by atoms with E-state index in [9.17, 15) is 18.8 Å². The van der Waals surface area contributed by atoms with Crippen molar-refractivity contribution in [2.75, 3.05) is 18.5 Å². The Bertz CT molecular complexity index is 888. The molecule has 1 amide bonds. The predicted molar refractivity (Wildman–Crippen MR) is 92.5 cm³/mol. The molecule has 7 nitrogen and oxygen atoms in total. The van der Waals surface area contributed by atoms with Crippen molar-refractivity contribution in [2.45, 2.75) is 26.2 Å². The van der Waals surface area contributed by atoms with Crippen LogP contribution in [0, 0.1) is 5.82 Å². The molecule has 1 heterocycles. The van der Waals surface area contributed by atoms with E-state index in [1.54, 1.807) is 6.92 Å². The van der Waals surface area contributed by atoms with Gasteiger partial charge in [0.05, 0.1) is 17.7 Å². The maximum atomic E-state index is 14.1. The molecule has 2 aromatic rings. The van der Waals surface area contributed by atoms with Crippen LogP contribution in [-0.4, -0.2) is 30.9 Å². The van der Waals surface area contributed by atoms with Crippen molar-refractivity contribution >= 4 is 23.3 Å². The Hall–Kier alpha value is -3.16. The second-order valence-electron chi connectivity index (χ2n) is 5.92. The number of hydrogen-bond acceptors (Lipinski definition) is 6. The molecule has 0 radical (unpaired) electrons. The highest BCUT2D eigenvalue weighted by Crippen LogP contribution is 2.27. The summed E-state index contributed by atoms with van der Waals surface area (Å²) in [5.41, 5.74) is 0.616. The van der Waals surface area contributed by atoms with Crippen LogP contribution in [0.5, 0.6) is 5.75 Å². The van der Waals surface area contributed by atoms with Gasteiger partial charge < -0.3 is 19.2 Å². The summed E-state index contributed by atoms with van der Waals surface area (Å²) >= 11 is 0. The van der Waals surface area contributed by atoms with Gasteiger partial charge in [0.15, 0.2) is 24.0 Å². The molecule has 0 saturated carbocycles. The van der Waals surface area contributed by atoms with E-state index in [1.807, 2.05) is 0 Å². The lowest BCUT2D eigenvalue weighted by Crippen LogP contribution is -2.18. The molecule has 1 aliphatic rings. The number of esters is 1. The SMILES string of the molecule is CCOC(=O)COc1ccc(NC(=O)c2coc3c2C(=O)CCC3)cc1F. The number of Topliss-reactive ketones (excluding diaryl/α,β-unsaturated/α-hetero) is 1. The van der Waals surface area contributed by atoms with Crippen molar-refractivity contribution < 1.29 is 32.7 Å². The third-order valence-electron chi connectivity index (χ3n) is 4.04. The van der Waals surface area contributed by atoms with Gasteiger partial charge in [0.1, 0.15) is 12.0 Å². The zero-order valence-electron chi connectivity index (χ0n) is 14.7. The molecule has 0 saturated heterocycles. The fourth-order valence-electron chi connectivity index (χ4n) is 2.82. The lowest BCUT2D eigenvalue weighted by Gasteiger charge is -2.11. The number of nitrogens with one attached hydrogen (secondary N) is 1. The summed E-state index contributed by atoms with van der Waals surface area (Å²) < 4.78 is 29.2. The number of ether oxygens (including phenoxy) is 2. The summed E-state index contributed by atoms with van der Waals surface area (Å²) in [4.78, 5) is 35.7. The molecule has 3 rings (SSSR count). The Labute approximate surface area is 154 Å². The Kier molecular flexibility index (Phi) is 5.54. The third kappa shape index (κ3) is 4.16. The number of rotatable bonds is 6. The topological polar surface area (TPSA) is 94.8 Å². The fourth-order valence-corrected chi connectivity index (χ4v) is 2.82. The van der Waals surface area contributed by atoms with Crippen LogP contribution in [0.2, 0.25) is 0 Å². The van der Waals surface area contributed by atoms with Crippen LogP contribution in [-0.2, 0) is 16.0 Å². The zero-order valence-corrected chi connectivity index (χ0v) is 14.7. The fraction of sp³-hybridized carbons (Fsp3) is 0.316. The summed E-state index contributed by atoms with van der Waals surface area (Å²) in [7, 11) is 0. The molecule has 0 bridgehead atoms. The Balaban J connectivity index is 1.69. The number of carbonyl (C=O) groups excluding carboxylic acids is 3. The number of benzene rings is 1. The van der Waals surface area contributed by atoms with E-state index in [0.717, 1.165) is 6.07 Å². The Morgan fingerprint density at radius 2 is 2.11 bits per heavy atom. The van der Waals surface area contributed by atoms with E-state index >= 15 is 0 Å². The molecule has 0 fully saturated rings. The molecule has 1 N–H and O–H groups in total. The first kappa shape index (κ1) is 18.6. The van der Waals surface area contributed by atoms with Crippen molar-refractivity contribution in [3.05, 3.63) is 47.2 Å². The van der Waals surface area contributed by atoms with E-state index in [4.69, 9.17) is 13.9 Å². The number of halogens is 1. The molecular formula is C19H18FNO6. The molecule has 0 atom stereocenters. The van der Waals surface area contributed by atoms with Gasteiger partial charge in [-0.2, -0.15) is 0 Å². The van der Waals surface area contributed by atoms with Gasteiger partial charge in [0.25, 0.3) is 5.91 Å². The molecule has 1 aromatic heterocycles. The van der Waals surface area contributed by atoms with E-state index in [2.05, 4.69) is 5.32 Å². The van der Waals surface area contributed by atoms with Gasteiger partial charge in [-0.05, 0) is 25.5 Å². The number of furan rings is 1. The third-order valence-corrected chi connectivity index (χ3v) is 4.04. The van der Waals surface area contributed by atoms with Gasteiger partial charge in [0, 0.05) is 24.6 Å². The highest BCUT2D eigenvalue weighted by molar-refractivity contribution is 6.13. The number of aryl methyl sites for hydroxylation is 1. The van der Waals surface area contributed by atoms with Crippen molar-refractivity contribution in [2.24, 2.45) is 0 Å². The van der Waals surface area contributed by atoms with Crippen molar-refractivity contribution in [3.63, 3.8) is 0 Å². The molecule has 27 heavy (non-hydrogen) atoms. The van der Waals surface area contributed by atoms with Gasteiger partial charge in [-0.15, -0.1) is 0 Å². The molecule has 8 heteroatoms. The standard InChI is InChI=1S/C19H18FNO6/c1-2-25-17(23)10-27-15-7-6-11(8-13(15)20)21-19(24)12-9-26-16-5-3-4-14(22)18(12)16/h6-9H,2-5,10H2,1H3,(H,21,24). The lowest BCUT2D eigenvalue weighted by atomic mass is 9.94. The number of ketones is 1. The second kappa shape index (κ2) is 8.03. The molecule has 1 aromatic carbocycles. The zero-order chi connectivity index (χ0) is 19.4. The summed E-state index contributed by atoms with van der Waals surface area (Å²) in [5, 5.41) is 2.53. The quantitative estimate of drug-likeness (QED) is 0.780. The maximum absolute atomic E-state index is 14.1. The highest BCUT2D eigenvalue weighted by Gasteiger charge is 2.27. The first-order chi connectivity index (χ1) is 13.0. The van der Waals surface area contributed by atoms with Crippen LogP contribution in [0.4, 0.5) is 10.1 Å². The largest absolute Gasteiger partial charge is 0.479 e. The van der Waals surface area contributed by atoms with Crippen LogP contribution < -0.4 is 10.1 Å². The monoisotopic (exact) mass is 375 g/mol. The van der Waals surface area contributed by atoms with Gasteiger partial charge in [0.2, 0.25) is 0 Å². The molecule has 142 valence electrons. The van der Waals surface area contributed by atoms with Gasteiger partial charge in [-0.25, -0.2) is 9.18 Å². The molecule has 0 spiro atoms. The number of anilines is 1. The van der Waals surface area contributed by atoms with Crippen LogP contribution >= 0.6 is 0 Å². The number of amides is 1. The van der Waals surface area contributed by atoms with Crippen LogP contribution in [0.15, 0.2) is 28.9 Å². The number of hydrogen-bond donors (Lipinski definition) is 1. The van der Waals surface area contributed by atoms with Crippen LogP contribution in [0.1, 0.15) is 46.2 Å². The van der Waals surface area contributed by atoms with Crippen LogP contribution in [0.3, 0.4) is 0 Å². The molecular weight excluding hydrogens is 357 g/mol. The molecule has 0 aliphatic heterocycles.